The molecular weight excluding hydrogens is 256 g/mol. The molecule has 1 aliphatic heterocycles. The Morgan fingerprint density at radius 3 is 2.74 bits per heavy atom. The second-order valence-corrected chi connectivity index (χ2v) is 6.65. The highest BCUT2D eigenvalue weighted by Gasteiger charge is 2.41. The lowest BCUT2D eigenvalue weighted by atomic mass is 9.69. The predicted octanol–water partition coefficient (Wildman–Crippen LogP) is 2.94. The molecule has 19 heavy (non-hydrogen) atoms. The molecule has 3 nitrogen and oxygen atoms in total. The first-order chi connectivity index (χ1) is 12.6. The van der Waals surface area contributed by atoms with Crippen LogP contribution in [0.4, 0.5) is 0 Å². The number of carbonyl (C=O) groups excluding carboxylic acids is 1. The number of aromatic nitrogens is 1. The Morgan fingerprint density at radius 2 is 2.05 bits per heavy atom. The van der Waals surface area contributed by atoms with Gasteiger partial charge < -0.3 is 5.32 Å². The molecule has 2 aliphatic rings. The topological polar surface area (TPSA) is 42.0 Å². The van der Waals surface area contributed by atoms with E-state index in [1.54, 1.807) is 0 Å². The van der Waals surface area contributed by atoms with Crippen molar-refractivity contribution in [2.24, 2.45) is 5.41 Å². The smallest absolute Gasteiger partial charge is 0.182 e. The molecule has 1 fully saturated rings. The van der Waals surface area contributed by atoms with Crippen molar-refractivity contribution >= 4 is 17.1 Å². The van der Waals surface area contributed by atoms with E-state index in [1.165, 1.54) is 0 Å². The van der Waals surface area contributed by atoms with E-state index in [0.717, 1.165) is 37.3 Å². The summed E-state index contributed by atoms with van der Waals surface area (Å²) in [4.78, 5) is 17.3. The van der Waals surface area contributed by atoms with Gasteiger partial charge in [0.2, 0.25) is 0 Å². The monoisotopic (exact) mass is 287 g/mol. The van der Waals surface area contributed by atoms with Gasteiger partial charge in [-0.05, 0) is 37.8 Å². The number of hydrogen-bond donors (Lipinski definition) is 1. The molecule has 0 unspecified atom stereocenters. The number of piperidine rings is 1. The van der Waals surface area contributed by atoms with Crippen molar-refractivity contribution in [3.05, 3.63) is 15.6 Å². The van der Waals surface area contributed by atoms with Crippen molar-refractivity contribution in [1.29, 1.82) is 0 Å². The molecule has 1 N–H and O–H groups in total. The Labute approximate surface area is 131 Å². The summed E-state index contributed by atoms with van der Waals surface area (Å²) in [6.07, 6.45) is 2.28. The summed E-state index contributed by atoms with van der Waals surface area (Å²) < 4.78 is 70.4. The van der Waals surface area contributed by atoms with Crippen LogP contribution in [0.5, 0.6) is 0 Å². The minimum Gasteiger partial charge on any atom is -0.317 e. The van der Waals surface area contributed by atoms with E-state index >= 15 is 0 Å². The van der Waals surface area contributed by atoms with Crippen LogP contribution in [0.25, 0.3) is 0 Å². The fourth-order valence-electron chi connectivity index (χ4n) is 2.99. The van der Waals surface area contributed by atoms with Crippen LogP contribution < -0.4 is 5.32 Å². The van der Waals surface area contributed by atoms with Gasteiger partial charge in [0.25, 0.3) is 0 Å². The largest absolute Gasteiger partial charge is 0.317 e. The molecule has 0 saturated carbocycles. The van der Waals surface area contributed by atoms with Gasteiger partial charge in [0, 0.05) is 29.0 Å². The van der Waals surface area contributed by atoms with Gasteiger partial charge >= 0.3 is 0 Å². The summed E-state index contributed by atoms with van der Waals surface area (Å²) in [5.41, 5.74) is -3.37. The lowest BCUT2D eigenvalue weighted by Gasteiger charge is -2.39. The van der Waals surface area contributed by atoms with E-state index in [0.29, 0.717) is 11.3 Å². The Hall–Kier alpha value is -0.740. The Balaban J connectivity index is 2.18. The van der Waals surface area contributed by atoms with Crippen LogP contribution in [0.15, 0.2) is 0 Å². The average molecular weight is 287 g/mol. The summed E-state index contributed by atoms with van der Waals surface area (Å²) in [5.74, 6) is -0.277. The molecule has 1 spiro atoms. The summed E-state index contributed by atoms with van der Waals surface area (Å²) in [7, 11) is 0. The fourth-order valence-corrected chi connectivity index (χ4v) is 4.15. The molecule has 0 radical (unpaired) electrons. The average Bonchev–Trinajstić information content (AvgIpc) is 2.87. The highest BCUT2D eigenvalue weighted by atomic mass is 32.1. The molecule has 1 aliphatic carbocycles. The van der Waals surface area contributed by atoms with Gasteiger partial charge in [-0.1, -0.05) is 20.6 Å². The van der Waals surface area contributed by atoms with Gasteiger partial charge in [-0.15, -0.1) is 11.3 Å². The Morgan fingerprint density at radius 1 is 1.32 bits per heavy atom. The first kappa shape index (κ1) is 6.35. The standard InChI is InChI=1S/C15H22N2OS/c1-14(2,3)13-17-12-10(18)8-15(9-11(12)19-13)4-6-16-7-5-15/h16H,4-9H2,1-3H3/i1D3,2D3,3D3. The molecule has 0 aromatic carbocycles. The molecule has 1 saturated heterocycles. The molecule has 3 rings (SSSR count). The van der Waals surface area contributed by atoms with E-state index in [1.807, 2.05) is 0 Å². The van der Waals surface area contributed by atoms with Crippen LogP contribution in [-0.4, -0.2) is 23.9 Å². The van der Waals surface area contributed by atoms with Crippen LogP contribution in [0, 0.1) is 5.41 Å². The summed E-state index contributed by atoms with van der Waals surface area (Å²) in [6, 6.07) is 0. The van der Waals surface area contributed by atoms with E-state index in [9.17, 15) is 4.79 Å². The van der Waals surface area contributed by atoms with E-state index in [-0.39, 0.29) is 23.3 Å². The minimum atomic E-state index is -3.36. The zero-order chi connectivity index (χ0) is 21.2. The summed E-state index contributed by atoms with van der Waals surface area (Å²) >= 11 is 0.762. The van der Waals surface area contributed by atoms with Crippen LogP contribution in [0.1, 0.15) is 72.5 Å². The molecule has 104 valence electrons. The molecule has 0 amide bonds. The van der Waals surface area contributed by atoms with Crippen LogP contribution in [-0.2, 0) is 11.8 Å². The lowest BCUT2D eigenvalue weighted by molar-refractivity contribution is 0.0833. The molecule has 4 heteroatoms. The number of nitrogens with zero attached hydrogens (tertiary/aromatic N) is 1. The SMILES string of the molecule is [2H]C([2H])([2H])C(c1nc2c(s1)CC1(CCNCC1)CC2=O)(C([2H])([2H])[2H])C([2H])([2H])[2H]. The van der Waals surface area contributed by atoms with E-state index in [2.05, 4.69) is 10.3 Å². The minimum absolute atomic E-state index is 0.0336. The van der Waals surface area contributed by atoms with Crippen molar-refractivity contribution in [2.45, 2.75) is 51.7 Å². The number of Topliss-reactive ketones (excluding diaryl/α,β-unsaturated/α-hetero) is 1. The number of hydrogen-bond acceptors (Lipinski definition) is 4. The zero-order valence-electron chi connectivity index (χ0n) is 19.5. The third-order valence-corrected chi connectivity index (χ3v) is 5.19. The first-order valence-electron chi connectivity index (χ1n) is 10.9. The van der Waals surface area contributed by atoms with Crippen molar-refractivity contribution in [2.75, 3.05) is 13.1 Å². The van der Waals surface area contributed by atoms with Gasteiger partial charge in [0.05, 0.1) is 5.01 Å². The maximum absolute atomic E-state index is 12.8. The molecule has 1 aromatic heterocycles. The van der Waals surface area contributed by atoms with Gasteiger partial charge in [-0.2, -0.15) is 0 Å². The zero-order valence-corrected chi connectivity index (χ0v) is 11.3. The van der Waals surface area contributed by atoms with Crippen molar-refractivity contribution in [3.8, 4) is 0 Å². The normalized spacial score (nSPS) is 31.6. The molecule has 0 atom stereocenters. The van der Waals surface area contributed by atoms with Crippen molar-refractivity contribution in [1.82, 2.24) is 10.3 Å². The maximum atomic E-state index is 12.8. The molecule has 1 aromatic rings. The van der Waals surface area contributed by atoms with Crippen LogP contribution >= 0.6 is 11.3 Å². The van der Waals surface area contributed by atoms with Gasteiger partial charge in [-0.3, -0.25) is 4.79 Å². The number of carbonyl (C=O) groups is 1. The van der Waals surface area contributed by atoms with E-state index < -0.39 is 31.0 Å². The molecule has 2 heterocycles. The van der Waals surface area contributed by atoms with Crippen molar-refractivity contribution in [3.63, 3.8) is 0 Å². The van der Waals surface area contributed by atoms with Crippen molar-refractivity contribution < 1.29 is 17.1 Å². The Kier molecular flexibility index (Phi) is 1.47. The number of thiazole rings is 1. The quantitative estimate of drug-likeness (QED) is 0.798. The number of nitrogens with one attached hydrogen (secondary N) is 1. The van der Waals surface area contributed by atoms with Gasteiger partial charge in [0.15, 0.2) is 5.78 Å². The highest BCUT2D eigenvalue weighted by molar-refractivity contribution is 7.12. The summed E-state index contributed by atoms with van der Waals surface area (Å²) in [6.45, 7) is -8.56. The number of rotatable bonds is 0. The fraction of sp³-hybridized carbons (Fsp3) is 0.733. The van der Waals surface area contributed by atoms with Crippen LogP contribution in [0.2, 0.25) is 0 Å². The van der Waals surface area contributed by atoms with Gasteiger partial charge in [-0.25, -0.2) is 4.98 Å². The molecular formula is C15H22N2OS. The number of ketones is 1. The van der Waals surface area contributed by atoms with E-state index in [4.69, 9.17) is 12.3 Å². The lowest BCUT2D eigenvalue weighted by Crippen LogP contribution is -2.41. The first-order valence-corrected chi connectivity index (χ1v) is 7.20. The second kappa shape index (κ2) is 4.38. The van der Waals surface area contributed by atoms with Gasteiger partial charge in [0.1, 0.15) is 5.69 Å². The summed E-state index contributed by atoms with van der Waals surface area (Å²) in [5, 5.41) is 2.72. The highest BCUT2D eigenvalue weighted by Crippen LogP contribution is 2.44. The third-order valence-electron chi connectivity index (χ3n) is 4.02. The maximum Gasteiger partial charge on any atom is 0.182 e. The third kappa shape index (κ3) is 2.36. The molecule has 0 bridgehead atoms. The second-order valence-electron chi connectivity index (χ2n) is 5.57. The Bertz CT molecular complexity index is 736. The number of fused-ring (bicyclic) bond motifs is 1. The predicted molar refractivity (Wildman–Crippen MR) is 78.0 cm³/mol. The van der Waals surface area contributed by atoms with Crippen LogP contribution in [0.3, 0.4) is 0 Å².